The van der Waals surface area contributed by atoms with Crippen LogP contribution in [0.5, 0.6) is 0 Å². The van der Waals surface area contributed by atoms with E-state index in [4.69, 9.17) is 0 Å². The Morgan fingerprint density at radius 2 is 2.05 bits per heavy atom. The van der Waals surface area contributed by atoms with Gasteiger partial charge in [-0.1, -0.05) is 0 Å². The molecule has 1 aliphatic rings. The van der Waals surface area contributed by atoms with Gasteiger partial charge in [0.05, 0.1) is 12.8 Å². The van der Waals surface area contributed by atoms with Crippen LogP contribution in [0.15, 0.2) is 4.99 Å². The first kappa shape index (κ1) is 22.3. The lowest BCUT2D eigenvalue weighted by Crippen LogP contribution is -2.47. The maximum Gasteiger partial charge on any atom is 0.209 e. The minimum Gasteiger partial charge on any atom is -0.357 e. The average molecular weight is 464 g/mol. The molecule has 132 valence electrons. The van der Waals surface area contributed by atoms with E-state index in [1.807, 2.05) is 32.5 Å². The van der Waals surface area contributed by atoms with Crippen molar-refractivity contribution in [1.29, 1.82) is 0 Å². The lowest BCUT2D eigenvalue weighted by atomic mass is 10.1. The first-order valence-electron chi connectivity index (χ1n) is 7.34. The predicted molar refractivity (Wildman–Crippen MR) is 107 cm³/mol. The quantitative estimate of drug-likeness (QED) is 0.301. The summed E-state index contributed by atoms with van der Waals surface area (Å²) in [6, 6.07) is 0. The lowest BCUT2D eigenvalue weighted by molar-refractivity contribution is 0.464. The molecule has 0 radical (unpaired) electrons. The highest BCUT2D eigenvalue weighted by Crippen LogP contribution is 2.25. The molecule has 1 aliphatic heterocycles. The second kappa shape index (κ2) is 10.2. The Labute approximate surface area is 156 Å². The van der Waals surface area contributed by atoms with Gasteiger partial charge in [0.2, 0.25) is 10.0 Å². The third kappa shape index (κ3) is 10.1. The molecule has 6 nitrogen and oxygen atoms in total. The SMILES string of the molecule is CCNC(=NCC(C)(C)NS(C)(=O)=O)NCC1CCCS1.I. The van der Waals surface area contributed by atoms with Crippen LogP contribution in [0.3, 0.4) is 0 Å². The van der Waals surface area contributed by atoms with Gasteiger partial charge in [-0.2, -0.15) is 11.8 Å². The number of nitrogens with zero attached hydrogens (tertiary/aromatic N) is 1. The van der Waals surface area contributed by atoms with Gasteiger partial charge in [0.25, 0.3) is 0 Å². The van der Waals surface area contributed by atoms with E-state index in [9.17, 15) is 8.42 Å². The average Bonchev–Trinajstić information content (AvgIpc) is 2.83. The third-order valence-corrected chi connectivity index (χ3v) is 5.28. The molecule has 22 heavy (non-hydrogen) atoms. The first-order chi connectivity index (χ1) is 9.72. The maximum atomic E-state index is 11.3. The van der Waals surface area contributed by atoms with Crippen LogP contribution in [0.1, 0.15) is 33.6 Å². The number of halogens is 1. The molecule has 3 N–H and O–H groups in total. The molecule has 1 unspecified atom stereocenters. The third-order valence-electron chi connectivity index (χ3n) is 2.96. The molecule has 0 aromatic carbocycles. The second-order valence-corrected chi connectivity index (χ2v) is 9.13. The van der Waals surface area contributed by atoms with E-state index in [1.165, 1.54) is 24.9 Å². The summed E-state index contributed by atoms with van der Waals surface area (Å²) in [5.74, 6) is 1.99. The Hall–Kier alpha value is 0.260. The van der Waals surface area contributed by atoms with Crippen molar-refractivity contribution in [1.82, 2.24) is 15.4 Å². The van der Waals surface area contributed by atoms with Gasteiger partial charge in [-0.3, -0.25) is 4.99 Å². The largest absolute Gasteiger partial charge is 0.357 e. The molecule has 1 heterocycles. The van der Waals surface area contributed by atoms with E-state index in [2.05, 4.69) is 20.3 Å². The number of rotatable bonds is 7. The Morgan fingerprint density at radius 3 is 2.55 bits per heavy atom. The Bertz CT molecular complexity index is 449. The molecule has 0 bridgehead atoms. The molecule has 1 rings (SSSR count). The minimum atomic E-state index is -3.23. The van der Waals surface area contributed by atoms with E-state index in [0.29, 0.717) is 11.8 Å². The molecular formula is C13H29IN4O2S2. The number of aliphatic imine (C=N–C) groups is 1. The molecule has 1 saturated heterocycles. The molecule has 0 aliphatic carbocycles. The monoisotopic (exact) mass is 464 g/mol. The maximum absolute atomic E-state index is 11.3. The van der Waals surface area contributed by atoms with Crippen LogP contribution in [0.2, 0.25) is 0 Å². The normalized spacial score (nSPS) is 19.6. The smallest absolute Gasteiger partial charge is 0.209 e. The zero-order valence-electron chi connectivity index (χ0n) is 13.8. The number of hydrogen-bond acceptors (Lipinski definition) is 4. The Morgan fingerprint density at radius 1 is 1.36 bits per heavy atom. The van der Waals surface area contributed by atoms with Gasteiger partial charge in [-0.25, -0.2) is 13.1 Å². The van der Waals surface area contributed by atoms with Gasteiger partial charge in [-0.15, -0.1) is 24.0 Å². The first-order valence-corrected chi connectivity index (χ1v) is 10.3. The molecule has 9 heteroatoms. The molecule has 0 saturated carbocycles. The summed E-state index contributed by atoms with van der Waals surface area (Å²) in [6.07, 6.45) is 3.70. The van der Waals surface area contributed by atoms with Crippen molar-refractivity contribution in [3.8, 4) is 0 Å². The Kier molecular flexibility index (Phi) is 10.3. The summed E-state index contributed by atoms with van der Waals surface area (Å²) in [4.78, 5) is 4.49. The summed E-state index contributed by atoms with van der Waals surface area (Å²) < 4.78 is 25.2. The van der Waals surface area contributed by atoms with E-state index >= 15 is 0 Å². The van der Waals surface area contributed by atoms with Crippen molar-refractivity contribution in [3.05, 3.63) is 0 Å². The topological polar surface area (TPSA) is 82.6 Å². The second-order valence-electron chi connectivity index (χ2n) is 5.97. The fourth-order valence-corrected chi connectivity index (χ4v) is 4.44. The fraction of sp³-hybridized carbons (Fsp3) is 0.923. The van der Waals surface area contributed by atoms with Gasteiger partial charge in [-0.05, 0) is 39.4 Å². The van der Waals surface area contributed by atoms with Crippen molar-refractivity contribution < 1.29 is 8.42 Å². The number of thioether (sulfide) groups is 1. The number of guanidine groups is 1. The van der Waals surface area contributed by atoms with Crippen LogP contribution >= 0.6 is 35.7 Å². The Balaban J connectivity index is 0.00000441. The number of nitrogens with one attached hydrogen (secondary N) is 3. The van der Waals surface area contributed by atoms with E-state index in [0.717, 1.165) is 19.0 Å². The fourth-order valence-electron chi connectivity index (χ4n) is 2.17. The highest BCUT2D eigenvalue weighted by molar-refractivity contribution is 14.0. The highest BCUT2D eigenvalue weighted by Gasteiger charge is 2.22. The summed E-state index contributed by atoms with van der Waals surface area (Å²) in [5.41, 5.74) is -0.599. The predicted octanol–water partition coefficient (Wildman–Crippen LogP) is 1.38. The number of sulfonamides is 1. The zero-order chi connectivity index (χ0) is 15.9. The van der Waals surface area contributed by atoms with Crippen molar-refractivity contribution >= 4 is 51.7 Å². The zero-order valence-corrected chi connectivity index (χ0v) is 17.8. The van der Waals surface area contributed by atoms with Gasteiger partial charge in [0, 0.05) is 23.9 Å². The molecule has 0 aromatic rings. The van der Waals surface area contributed by atoms with Crippen molar-refractivity contribution in [2.75, 3.05) is 31.6 Å². The molecule has 0 aromatic heterocycles. The van der Waals surface area contributed by atoms with Crippen LogP contribution in [0.25, 0.3) is 0 Å². The van der Waals surface area contributed by atoms with E-state index in [1.54, 1.807) is 0 Å². The van der Waals surface area contributed by atoms with Crippen LogP contribution in [0.4, 0.5) is 0 Å². The van der Waals surface area contributed by atoms with Crippen LogP contribution < -0.4 is 15.4 Å². The van der Waals surface area contributed by atoms with Gasteiger partial charge < -0.3 is 10.6 Å². The summed E-state index contributed by atoms with van der Waals surface area (Å²) in [7, 11) is -3.23. The molecule has 0 spiro atoms. The van der Waals surface area contributed by atoms with E-state index < -0.39 is 15.6 Å². The van der Waals surface area contributed by atoms with Gasteiger partial charge >= 0.3 is 0 Å². The minimum absolute atomic E-state index is 0. The van der Waals surface area contributed by atoms with Gasteiger partial charge in [0.15, 0.2) is 5.96 Å². The number of hydrogen-bond donors (Lipinski definition) is 3. The summed E-state index contributed by atoms with van der Waals surface area (Å²) in [6.45, 7) is 7.73. The molecule has 1 fully saturated rings. The molecule has 1 atom stereocenters. The van der Waals surface area contributed by atoms with Crippen molar-refractivity contribution in [2.24, 2.45) is 4.99 Å². The summed E-state index contributed by atoms with van der Waals surface area (Å²) >= 11 is 2.00. The summed E-state index contributed by atoms with van der Waals surface area (Å²) in [5, 5.41) is 7.18. The van der Waals surface area contributed by atoms with Crippen molar-refractivity contribution in [3.63, 3.8) is 0 Å². The van der Waals surface area contributed by atoms with Crippen LogP contribution in [0, 0.1) is 0 Å². The van der Waals surface area contributed by atoms with Crippen LogP contribution in [-0.2, 0) is 10.0 Å². The van der Waals surface area contributed by atoms with Crippen LogP contribution in [-0.4, -0.2) is 56.8 Å². The molecular weight excluding hydrogens is 435 g/mol. The van der Waals surface area contributed by atoms with E-state index in [-0.39, 0.29) is 24.0 Å². The standard InChI is InChI=1S/C13H28N4O2S2.HI/c1-5-14-12(15-9-11-7-6-8-20-11)16-10-13(2,3)17-21(4,18)19;/h11,17H,5-10H2,1-4H3,(H2,14,15,16);1H. The molecule has 0 amide bonds. The van der Waals surface area contributed by atoms with Gasteiger partial charge in [0.1, 0.15) is 0 Å². The van der Waals surface area contributed by atoms with Crippen molar-refractivity contribution in [2.45, 2.75) is 44.4 Å². The lowest BCUT2D eigenvalue weighted by Gasteiger charge is -2.23. The highest BCUT2D eigenvalue weighted by atomic mass is 127.